The normalized spacial score (nSPS) is 11.3. The largest absolute Gasteiger partial charge is 0.298 e. The Bertz CT molecular complexity index is 763. The summed E-state index contributed by atoms with van der Waals surface area (Å²) in [5, 5.41) is 2.68. The first-order chi connectivity index (χ1) is 10.6. The fourth-order valence-corrected chi connectivity index (χ4v) is 3.25. The summed E-state index contributed by atoms with van der Waals surface area (Å²) in [7, 11) is 2.19. The third kappa shape index (κ3) is 3.37. The summed E-state index contributed by atoms with van der Waals surface area (Å²) < 4.78 is 0. The fraction of sp³-hybridized carbons (Fsp3) is 0.238. The molecule has 0 aliphatic carbocycles. The molecule has 0 aliphatic heterocycles. The molecule has 0 fully saturated rings. The smallest absolute Gasteiger partial charge is 0.0240 e. The molecule has 3 aromatic rings. The molecule has 0 aliphatic rings. The van der Waals surface area contributed by atoms with Gasteiger partial charge >= 0.3 is 0 Å². The highest BCUT2D eigenvalue weighted by molar-refractivity contribution is 5.85. The Labute approximate surface area is 133 Å². The second-order valence-corrected chi connectivity index (χ2v) is 6.31. The predicted octanol–water partition coefficient (Wildman–Crippen LogP) is 5.09. The monoisotopic (exact) mass is 289 g/mol. The van der Waals surface area contributed by atoms with Gasteiger partial charge in [0.15, 0.2) is 0 Å². The van der Waals surface area contributed by atoms with Crippen molar-refractivity contribution in [3.8, 4) is 0 Å². The second-order valence-electron chi connectivity index (χ2n) is 6.31. The molecule has 0 amide bonds. The zero-order valence-electron chi connectivity index (χ0n) is 13.6. The van der Waals surface area contributed by atoms with E-state index in [1.807, 2.05) is 0 Å². The molecular formula is C21H23N. The lowest BCUT2D eigenvalue weighted by Crippen LogP contribution is -2.17. The van der Waals surface area contributed by atoms with Crippen LogP contribution in [-0.2, 0) is 13.1 Å². The first-order valence-electron chi connectivity index (χ1n) is 7.84. The van der Waals surface area contributed by atoms with Crippen LogP contribution in [0.15, 0.2) is 60.7 Å². The number of benzene rings is 3. The topological polar surface area (TPSA) is 3.24 Å². The maximum absolute atomic E-state index is 2.38. The van der Waals surface area contributed by atoms with Gasteiger partial charge in [0.2, 0.25) is 0 Å². The number of nitrogens with zero attached hydrogens (tertiary/aromatic N) is 1. The van der Waals surface area contributed by atoms with E-state index in [4.69, 9.17) is 0 Å². The van der Waals surface area contributed by atoms with Gasteiger partial charge in [-0.05, 0) is 42.8 Å². The van der Waals surface area contributed by atoms with E-state index in [-0.39, 0.29) is 0 Å². The van der Waals surface area contributed by atoms with Crippen molar-refractivity contribution >= 4 is 10.8 Å². The van der Waals surface area contributed by atoms with Crippen LogP contribution in [0.5, 0.6) is 0 Å². The average Bonchev–Trinajstić information content (AvgIpc) is 2.46. The molecule has 3 rings (SSSR count). The molecule has 0 bridgehead atoms. The lowest BCUT2D eigenvalue weighted by molar-refractivity contribution is 0.320. The van der Waals surface area contributed by atoms with Gasteiger partial charge in [-0.1, -0.05) is 71.8 Å². The third-order valence-corrected chi connectivity index (χ3v) is 4.05. The van der Waals surface area contributed by atoms with Crippen molar-refractivity contribution in [2.75, 3.05) is 7.05 Å². The van der Waals surface area contributed by atoms with Gasteiger partial charge in [-0.15, -0.1) is 0 Å². The Kier molecular flexibility index (Phi) is 4.26. The van der Waals surface area contributed by atoms with E-state index in [1.54, 1.807) is 0 Å². The minimum absolute atomic E-state index is 0.967. The van der Waals surface area contributed by atoms with Crippen LogP contribution >= 0.6 is 0 Å². The quantitative estimate of drug-likeness (QED) is 0.646. The van der Waals surface area contributed by atoms with Gasteiger partial charge in [-0.3, -0.25) is 4.90 Å². The lowest BCUT2D eigenvalue weighted by atomic mass is 10.0. The van der Waals surface area contributed by atoms with Gasteiger partial charge in [-0.2, -0.15) is 0 Å². The molecule has 0 heterocycles. The molecule has 0 spiro atoms. The lowest BCUT2D eigenvalue weighted by Gasteiger charge is -2.19. The van der Waals surface area contributed by atoms with Crippen LogP contribution in [0.1, 0.15) is 22.3 Å². The molecule has 0 unspecified atom stereocenters. The maximum atomic E-state index is 2.38. The molecule has 1 heteroatoms. The highest BCUT2D eigenvalue weighted by Crippen LogP contribution is 2.20. The van der Waals surface area contributed by atoms with Crippen LogP contribution in [0.3, 0.4) is 0 Å². The Balaban J connectivity index is 1.79. The van der Waals surface area contributed by atoms with Crippen molar-refractivity contribution < 1.29 is 0 Å². The number of rotatable bonds is 4. The van der Waals surface area contributed by atoms with Crippen molar-refractivity contribution in [2.45, 2.75) is 26.9 Å². The molecule has 0 saturated carbocycles. The first kappa shape index (κ1) is 14.8. The van der Waals surface area contributed by atoms with Crippen molar-refractivity contribution in [1.82, 2.24) is 4.90 Å². The van der Waals surface area contributed by atoms with Crippen molar-refractivity contribution in [3.63, 3.8) is 0 Å². The molecule has 0 N–H and O–H groups in total. The van der Waals surface area contributed by atoms with Crippen molar-refractivity contribution in [2.24, 2.45) is 0 Å². The predicted molar refractivity (Wildman–Crippen MR) is 95.0 cm³/mol. The van der Waals surface area contributed by atoms with Gasteiger partial charge in [-0.25, -0.2) is 0 Å². The van der Waals surface area contributed by atoms with E-state index in [9.17, 15) is 0 Å². The highest BCUT2D eigenvalue weighted by Gasteiger charge is 2.06. The Morgan fingerprint density at radius 2 is 1.45 bits per heavy atom. The standard InChI is InChI=1S/C21H23N/c1-16-11-17(2)13-18(12-16)14-22(3)15-20-9-6-8-19-7-4-5-10-21(19)20/h4-13H,14-15H2,1-3H3. The Hall–Kier alpha value is -2.12. The minimum atomic E-state index is 0.967. The van der Waals surface area contributed by atoms with E-state index in [0.29, 0.717) is 0 Å². The van der Waals surface area contributed by atoms with Crippen LogP contribution in [0, 0.1) is 13.8 Å². The molecule has 0 aromatic heterocycles. The van der Waals surface area contributed by atoms with Crippen LogP contribution in [-0.4, -0.2) is 11.9 Å². The van der Waals surface area contributed by atoms with Crippen LogP contribution in [0.25, 0.3) is 10.8 Å². The first-order valence-corrected chi connectivity index (χ1v) is 7.84. The number of hydrogen-bond acceptors (Lipinski definition) is 1. The van der Waals surface area contributed by atoms with E-state index in [0.717, 1.165) is 13.1 Å². The molecular weight excluding hydrogens is 266 g/mol. The highest BCUT2D eigenvalue weighted by atomic mass is 15.1. The van der Waals surface area contributed by atoms with E-state index in [2.05, 4.69) is 86.5 Å². The zero-order valence-corrected chi connectivity index (χ0v) is 13.6. The molecule has 0 saturated heterocycles. The molecule has 0 radical (unpaired) electrons. The fourth-order valence-electron chi connectivity index (χ4n) is 3.25. The molecule has 22 heavy (non-hydrogen) atoms. The summed E-state index contributed by atoms with van der Waals surface area (Å²) in [6, 6.07) is 22.0. The van der Waals surface area contributed by atoms with Crippen molar-refractivity contribution in [3.05, 3.63) is 82.9 Å². The Morgan fingerprint density at radius 3 is 2.23 bits per heavy atom. The molecule has 112 valence electrons. The summed E-state index contributed by atoms with van der Waals surface area (Å²) in [5.41, 5.74) is 5.47. The molecule has 0 atom stereocenters. The Morgan fingerprint density at radius 1 is 0.773 bits per heavy atom. The van der Waals surface area contributed by atoms with Crippen LogP contribution < -0.4 is 0 Å². The SMILES string of the molecule is Cc1cc(C)cc(CN(C)Cc2cccc3ccccc23)c1. The molecule has 1 nitrogen and oxygen atoms in total. The maximum Gasteiger partial charge on any atom is 0.0240 e. The number of fused-ring (bicyclic) bond motifs is 1. The number of hydrogen-bond donors (Lipinski definition) is 0. The average molecular weight is 289 g/mol. The zero-order chi connectivity index (χ0) is 15.5. The van der Waals surface area contributed by atoms with E-state index < -0.39 is 0 Å². The second kappa shape index (κ2) is 6.33. The van der Waals surface area contributed by atoms with Gasteiger partial charge in [0.1, 0.15) is 0 Å². The summed E-state index contributed by atoms with van der Waals surface area (Å²) in [6.45, 7) is 6.28. The summed E-state index contributed by atoms with van der Waals surface area (Å²) in [5.74, 6) is 0. The van der Waals surface area contributed by atoms with E-state index in [1.165, 1.54) is 33.0 Å². The summed E-state index contributed by atoms with van der Waals surface area (Å²) in [4.78, 5) is 2.38. The van der Waals surface area contributed by atoms with Crippen LogP contribution in [0.4, 0.5) is 0 Å². The number of aryl methyl sites for hydroxylation is 2. The van der Waals surface area contributed by atoms with Gasteiger partial charge < -0.3 is 0 Å². The van der Waals surface area contributed by atoms with Crippen molar-refractivity contribution in [1.29, 1.82) is 0 Å². The molecule has 3 aromatic carbocycles. The summed E-state index contributed by atoms with van der Waals surface area (Å²) >= 11 is 0. The third-order valence-electron chi connectivity index (χ3n) is 4.05. The van der Waals surface area contributed by atoms with Gasteiger partial charge in [0, 0.05) is 13.1 Å². The van der Waals surface area contributed by atoms with Gasteiger partial charge in [0.05, 0.1) is 0 Å². The van der Waals surface area contributed by atoms with E-state index >= 15 is 0 Å². The minimum Gasteiger partial charge on any atom is -0.298 e. The van der Waals surface area contributed by atoms with Crippen LogP contribution in [0.2, 0.25) is 0 Å². The van der Waals surface area contributed by atoms with Gasteiger partial charge in [0.25, 0.3) is 0 Å². The summed E-state index contributed by atoms with van der Waals surface area (Å²) in [6.07, 6.45) is 0.